The minimum atomic E-state index is -1.05. The first-order valence-electron chi connectivity index (χ1n) is 1.81. The van der Waals surface area contributed by atoms with E-state index in [9.17, 15) is 0 Å². The molecule has 0 aromatic heterocycles. The molecule has 0 unspecified atom stereocenters. The maximum atomic E-state index is 8.23. The lowest BCUT2D eigenvalue weighted by atomic mass is 11.5. The van der Waals surface area contributed by atoms with Crippen molar-refractivity contribution in [2.24, 2.45) is 0 Å². The average Bonchev–Trinajstić information content (AvgIpc) is 1.36. The second-order valence-electron chi connectivity index (χ2n) is 1.45. The van der Waals surface area contributed by atoms with Gasteiger partial charge in [0.05, 0.1) is 0 Å². The van der Waals surface area contributed by atoms with E-state index in [1.54, 1.807) is 0 Å². The van der Waals surface area contributed by atoms with Crippen LogP contribution in [-0.2, 0) is 0 Å². The van der Waals surface area contributed by atoms with E-state index >= 15 is 0 Å². The highest BCUT2D eigenvalue weighted by atomic mass is 28.3. The van der Waals surface area contributed by atoms with Crippen LogP contribution in [0.4, 0.5) is 0 Å². The van der Waals surface area contributed by atoms with E-state index in [1.165, 1.54) is 0 Å². The van der Waals surface area contributed by atoms with Gasteiger partial charge in [0, 0.05) is 0 Å². The lowest BCUT2D eigenvalue weighted by molar-refractivity contribution is 0.0262. The number of aliphatic hydroxyl groups excluding tert-OH is 1. The van der Waals surface area contributed by atoms with Gasteiger partial charge in [-0.2, -0.15) is 0 Å². The zero-order valence-electron chi connectivity index (χ0n) is 3.97. The van der Waals surface area contributed by atoms with E-state index in [0.29, 0.717) is 0 Å². The van der Waals surface area contributed by atoms with Gasteiger partial charge in [-0.25, -0.2) is 0 Å². The number of hydrogen-bond acceptors (Lipinski definition) is 2. The van der Waals surface area contributed by atoms with E-state index in [-0.39, 0.29) is 0 Å². The van der Waals surface area contributed by atoms with E-state index < -0.39 is 14.7 Å². The smallest absolute Gasteiger partial charge is 0.132 e. The molecule has 0 saturated carbocycles. The summed E-state index contributed by atoms with van der Waals surface area (Å²) < 4.78 is 0. The van der Waals surface area contributed by atoms with E-state index in [1.807, 2.05) is 13.1 Å². The first kappa shape index (κ1) is 6.14. The summed E-state index contributed by atoms with van der Waals surface area (Å²) in [6.07, 6.45) is 0. The molecule has 0 aliphatic carbocycles. The third-order valence-electron chi connectivity index (χ3n) is 0.516. The number of aliphatic hydroxyl groups is 2. The van der Waals surface area contributed by atoms with Gasteiger partial charge in [-0.3, -0.25) is 0 Å². The minimum absolute atomic E-state index is 0.841. The third-order valence-corrected chi connectivity index (χ3v) is 1.55. The fraction of sp³-hybridized carbons (Fsp3) is 1.00. The number of rotatable bonds is 1. The molecular weight excluding hydrogens is 96.1 g/mol. The Hall–Kier alpha value is 0.137. The van der Waals surface area contributed by atoms with Crippen molar-refractivity contribution in [1.82, 2.24) is 0 Å². The SMILES string of the molecule is C[Si](C)C(O)O. The van der Waals surface area contributed by atoms with Gasteiger partial charge in [0.2, 0.25) is 0 Å². The van der Waals surface area contributed by atoms with Crippen molar-refractivity contribution in [3.63, 3.8) is 0 Å². The molecule has 1 radical (unpaired) electrons. The minimum Gasteiger partial charge on any atom is -0.372 e. The Balaban J connectivity index is 2.99. The Bertz CT molecular complexity index is 29.8. The van der Waals surface area contributed by atoms with Crippen molar-refractivity contribution >= 4 is 8.80 Å². The molecule has 0 aromatic carbocycles. The summed E-state index contributed by atoms with van der Waals surface area (Å²) in [7, 11) is -0.841. The molecule has 0 aliphatic rings. The molecule has 3 heteroatoms. The van der Waals surface area contributed by atoms with Gasteiger partial charge in [-0.1, -0.05) is 13.1 Å². The van der Waals surface area contributed by atoms with Crippen LogP contribution >= 0.6 is 0 Å². The summed E-state index contributed by atoms with van der Waals surface area (Å²) >= 11 is 0. The summed E-state index contributed by atoms with van der Waals surface area (Å²) in [5.74, 6) is -1.05. The summed E-state index contributed by atoms with van der Waals surface area (Å²) in [4.78, 5) is 0. The highest BCUT2D eigenvalue weighted by Crippen LogP contribution is 1.81. The zero-order chi connectivity index (χ0) is 5.15. The summed E-state index contributed by atoms with van der Waals surface area (Å²) in [5, 5.41) is 16.5. The summed E-state index contributed by atoms with van der Waals surface area (Å²) in [6, 6.07) is 0. The van der Waals surface area contributed by atoms with E-state index in [4.69, 9.17) is 10.2 Å². The van der Waals surface area contributed by atoms with Crippen molar-refractivity contribution in [2.75, 3.05) is 0 Å². The summed E-state index contributed by atoms with van der Waals surface area (Å²) in [6.45, 7) is 3.69. The second kappa shape index (κ2) is 2.33. The molecule has 0 amide bonds. The fourth-order valence-corrected chi connectivity index (χ4v) is 0. The van der Waals surface area contributed by atoms with Crippen LogP contribution in [0.25, 0.3) is 0 Å². The van der Waals surface area contributed by atoms with Crippen LogP contribution in [0.15, 0.2) is 0 Å². The number of hydrogen-bond donors (Lipinski definition) is 2. The van der Waals surface area contributed by atoms with Crippen molar-refractivity contribution in [3.8, 4) is 0 Å². The monoisotopic (exact) mass is 105 g/mol. The predicted molar refractivity (Wildman–Crippen MR) is 25.7 cm³/mol. The molecular formula is C3H9O2Si. The molecule has 2 N–H and O–H groups in total. The van der Waals surface area contributed by atoms with Crippen LogP contribution in [0.2, 0.25) is 13.1 Å². The maximum Gasteiger partial charge on any atom is 0.132 e. The van der Waals surface area contributed by atoms with Crippen LogP contribution in [0.1, 0.15) is 0 Å². The first-order chi connectivity index (χ1) is 2.64. The van der Waals surface area contributed by atoms with Crippen LogP contribution in [0.5, 0.6) is 0 Å². The standard InChI is InChI=1S/C3H9O2Si/c1-6(2)3(4)5/h3-5H,1-2H3. The molecule has 0 saturated heterocycles. The molecule has 0 aromatic rings. The van der Waals surface area contributed by atoms with Crippen LogP contribution in [0, 0.1) is 0 Å². The van der Waals surface area contributed by atoms with Crippen molar-refractivity contribution in [3.05, 3.63) is 0 Å². The largest absolute Gasteiger partial charge is 0.372 e. The molecule has 0 heterocycles. The van der Waals surface area contributed by atoms with Gasteiger partial charge in [0.1, 0.15) is 14.7 Å². The molecule has 37 valence electrons. The van der Waals surface area contributed by atoms with Gasteiger partial charge in [-0.15, -0.1) is 0 Å². The van der Waals surface area contributed by atoms with Crippen molar-refractivity contribution in [2.45, 2.75) is 19.0 Å². The molecule has 2 nitrogen and oxygen atoms in total. The van der Waals surface area contributed by atoms with E-state index in [2.05, 4.69) is 0 Å². The average molecular weight is 105 g/mol. The quantitative estimate of drug-likeness (QED) is 0.351. The Labute approximate surface area is 39.0 Å². The Morgan fingerprint density at radius 3 is 1.50 bits per heavy atom. The van der Waals surface area contributed by atoms with Crippen molar-refractivity contribution in [1.29, 1.82) is 0 Å². The topological polar surface area (TPSA) is 40.5 Å². The summed E-state index contributed by atoms with van der Waals surface area (Å²) in [5.41, 5.74) is 0. The third kappa shape index (κ3) is 2.38. The fourth-order valence-electron chi connectivity index (χ4n) is 0. The van der Waals surface area contributed by atoms with Crippen LogP contribution in [-0.4, -0.2) is 24.9 Å². The highest BCUT2D eigenvalue weighted by Gasteiger charge is 2.02. The van der Waals surface area contributed by atoms with Crippen molar-refractivity contribution < 1.29 is 10.2 Å². The van der Waals surface area contributed by atoms with Crippen LogP contribution < -0.4 is 0 Å². The maximum absolute atomic E-state index is 8.23. The molecule has 0 bridgehead atoms. The zero-order valence-corrected chi connectivity index (χ0v) is 4.97. The van der Waals surface area contributed by atoms with Gasteiger partial charge in [0.15, 0.2) is 0 Å². The first-order valence-corrected chi connectivity index (χ1v) is 4.38. The molecule has 6 heavy (non-hydrogen) atoms. The Morgan fingerprint density at radius 1 is 1.33 bits per heavy atom. The molecule has 0 spiro atoms. The molecule has 0 aliphatic heterocycles. The molecule has 0 atom stereocenters. The normalized spacial score (nSPS) is 11.0. The lowest BCUT2D eigenvalue weighted by Crippen LogP contribution is -2.22. The van der Waals surface area contributed by atoms with Crippen LogP contribution in [0.3, 0.4) is 0 Å². The Kier molecular flexibility index (Phi) is 2.39. The van der Waals surface area contributed by atoms with Gasteiger partial charge in [-0.05, 0) is 0 Å². The van der Waals surface area contributed by atoms with E-state index in [0.717, 1.165) is 0 Å². The molecule has 0 fully saturated rings. The predicted octanol–water partition coefficient (Wildman–Crippen LogP) is -0.409. The highest BCUT2D eigenvalue weighted by molar-refractivity contribution is 6.56. The van der Waals surface area contributed by atoms with Gasteiger partial charge >= 0.3 is 0 Å². The second-order valence-corrected chi connectivity index (χ2v) is 4.12. The van der Waals surface area contributed by atoms with Gasteiger partial charge < -0.3 is 10.2 Å². The van der Waals surface area contributed by atoms with Gasteiger partial charge in [0.25, 0.3) is 0 Å². The lowest BCUT2D eigenvalue weighted by Gasteiger charge is -2.01. The molecule has 0 rings (SSSR count). The Morgan fingerprint density at radius 2 is 1.50 bits per heavy atom.